The van der Waals surface area contributed by atoms with E-state index in [1.807, 2.05) is 17.5 Å². The predicted molar refractivity (Wildman–Crippen MR) is 72.0 cm³/mol. The van der Waals surface area contributed by atoms with Crippen LogP contribution in [0.2, 0.25) is 0 Å². The largest absolute Gasteiger partial charge is 0.214 e. The molecule has 17 heavy (non-hydrogen) atoms. The molecular weight excluding hydrogens is 278 g/mol. The lowest BCUT2D eigenvalue weighted by atomic mass is 10.4. The molecule has 0 aliphatic heterocycles. The van der Waals surface area contributed by atoms with Crippen molar-refractivity contribution in [1.82, 2.24) is 4.31 Å². The van der Waals surface area contributed by atoms with Crippen LogP contribution in [0.5, 0.6) is 0 Å². The van der Waals surface area contributed by atoms with Crippen molar-refractivity contribution in [3.63, 3.8) is 0 Å². The van der Waals surface area contributed by atoms with Gasteiger partial charge in [0.25, 0.3) is 0 Å². The van der Waals surface area contributed by atoms with Crippen molar-refractivity contribution < 1.29 is 8.42 Å². The first kappa shape index (κ1) is 13.3. The van der Waals surface area contributed by atoms with Gasteiger partial charge in [-0.2, -0.15) is 4.31 Å². The topological polar surface area (TPSA) is 37.4 Å². The number of thiophene rings is 1. The Morgan fingerprint density at radius 1 is 1.47 bits per heavy atom. The maximum absolute atomic E-state index is 12.2. The zero-order valence-corrected chi connectivity index (χ0v) is 11.9. The van der Waals surface area contributed by atoms with Crippen LogP contribution in [0.4, 0.5) is 0 Å². The Kier molecular flexibility index (Phi) is 4.47. The van der Waals surface area contributed by atoms with E-state index in [0.29, 0.717) is 18.8 Å². The summed E-state index contributed by atoms with van der Waals surface area (Å²) in [5, 5.41) is 1.98. The van der Waals surface area contributed by atoms with Crippen molar-refractivity contribution in [3.8, 4) is 0 Å². The number of rotatable bonds is 7. The molecule has 1 fully saturated rings. The van der Waals surface area contributed by atoms with Crippen molar-refractivity contribution in [2.45, 2.75) is 31.8 Å². The minimum absolute atomic E-state index is 0.165. The van der Waals surface area contributed by atoms with Crippen molar-refractivity contribution in [2.24, 2.45) is 0 Å². The van der Waals surface area contributed by atoms with Crippen LogP contribution < -0.4 is 0 Å². The second-order valence-electron chi connectivity index (χ2n) is 4.21. The van der Waals surface area contributed by atoms with Crippen molar-refractivity contribution >= 4 is 33.0 Å². The summed E-state index contributed by atoms with van der Waals surface area (Å²) in [7, 11) is -3.14. The smallest absolute Gasteiger partial charge is 0.212 e. The van der Waals surface area contributed by atoms with Gasteiger partial charge in [-0.25, -0.2) is 8.42 Å². The molecule has 0 atom stereocenters. The Morgan fingerprint density at radius 2 is 2.24 bits per heavy atom. The van der Waals surface area contributed by atoms with Crippen LogP contribution in [-0.4, -0.2) is 30.4 Å². The molecule has 0 amide bonds. The highest BCUT2D eigenvalue weighted by Crippen LogP contribution is 2.31. The molecule has 1 heterocycles. The third-order valence-corrected chi connectivity index (χ3v) is 5.81. The van der Waals surface area contributed by atoms with E-state index in [9.17, 15) is 8.42 Å². The molecule has 0 aromatic carbocycles. The summed E-state index contributed by atoms with van der Waals surface area (Å²) in [6.45, 7) is 0.521. The monoisotopic (exact) mass is 293 g/mol. The molecule has 0 N–H and O–H groups in total. The summed E-state index contributed by atoms with van der Waals surface area (Å²) < 4.78 is 26.0. The normalized spacial score (nSPS) is 16.6. The Hall–Kier alpha value is -0.100. The average Bonchev–Trinajstić information content (AvgIpc) is 3.00. The number of sulfonamides is 1. The zero-order valence-electron chi connectivity index (χ0n) is 9.51. The quantitative estimate of drug-likeness (QED) is 0.725. The predicted octanol–water partition coefficient (Wildman–Crippen LogP) is 2.67. The highest BCUT2D eigenvalue weighted by atomic mass is 35.5. The number of hydrogen-bond donors (Lipinski definition) is 0. The molecule has 1 aromatic heterocycles. The molecular formula is C11H16ClNO2S2. The van der Waals surface area contributed by atoms with E-state index in [1.54, 1.807) is 15.6 Å². The van der Waals surface area contributed by atoms with Gasteiger partial charge < -0.3 is 0 Å². The van der Waals surface area contributed by atoms with Gasteiger partial charge in [-0.05, 0) is 30.7 Å². The Bertz CT molecular complexity index is 440. The van der Waals surface area contributed by atoms with E-state index in [4.69, 9.17) is 11.6 Å². The Labute approximate surface area is 111 Å². The third kappa shape index (κ3) is 3.68. The van der Waals surface area contributed by atoms with Gasteiger partial charge in [0.2, 0.25) is 10.0 Å². The van der Waals surface area contributed by atoms with Crippen LogP contribution in [0.3, 0.4) is 0 Å². The first-order valence-corrected chi connectivity index (χ1v) is 8.73. The van der Waals surface area contributed by atoms with Gasteiger partial charge in [-0.1, -0.05) is 6.07 Å². The molecule has 0 spiro atoms. The van der Waals surface area contributed by atoms with Crippen LogP contribution in [0.15, 0.2) is 17.5 Å². The van der Waals surface area contributed by atoms with E-state index >= 15 is 0 Å². The maximum Gasteiger partial charge on any atom is 0.214 e. The van der Waals surface area contributed by atoms with Gasteiger partial charge in [-0.3, -0.25) is 0 Å². The minimum Gasteiger partial charge on any atom is -0.212 e. The van der Waals surface area contributed by atoms with Crippen LogP contribution in [0.25, 0.3) is 0 Å². The van der Waals surface area contributed by atoms with Gasteiger partial charge in [0.15, 0.2) is 0 Å². The van der Waals surface area contributed by atoms with Crippen molar-refractivity contribution in [3.05, 3.63) is 22.4 Å². The molecule has 0 radical (unpaired) electrons. The lowest BCUT2D eigenvalue weighted by molar-refractivity contribution is 0.401. The highest BCUT2D eigenvalue weighted by Gasteiger charge is 2.36. The van der Waals surface area contributed by atoms with Crippen LogP contribution in [-0.2, 0) is 16.6 Å². The second-order valence-corrected chi connectivity index (χ2v) is 7.67. The zero-order chi connectivity index (χ0) is 12.3. The highest BCUT2D eigenvalue weighted by molar-refractivity contribution is 7.89. The molecule has 0 bridgehead atoms. The minimum atomic E-state index is -3.14. The average molecular weight is 294 g/mol. The van der Waals surface area contributed by atoms with Gasteiger partial charge >= 0.3 is 0 Å². The standard InChI is InChI=1S/C11H16ClNO2S2/c12-6-2-8-17(14,15)13(10-4-5-10)9-11-3-1-7-16-11/h1,3,7,10H,2,4-6,8-9H2. The van der Waals surface area contributed by atoms with Gasteiger partial charge in [0, 0.05) is 23.3 Å². The molecule has 6 heteroatoms. The molecule has 96 valence electrons. The summed E-state index contributed by atoms with van der Waals surface area (Å²) >= 11 is 7.17. The summed E-state index contributed by atoms with van der Waals surface area (Å²) in [5.74, 6) is 0.565. The first-order chi connectivity index (χ1) is 8.13. The fraction of sp³-hybridized carbons (Fsp3) is 0.636. The Balaban J connectivity index is 2.06. The molecule has 0 unspecified atom stereocenters. The number of nitrogens with zero attached hydrogens (tertiary/aromatic N) is 1. The van der Waals surface area contributed by atoms with E-state index in [-0.39, 0.29) is 11.8 Å². The first-order valence-electron chi connectivity index (χ1n) is 5.71. The summed E-state index contributed by atoms with van der Waals surface area (Å²) in [5.41, 5.74) is 0. The second kappa shape index (κ2) is 5.69. The van der Waals surface area contributed by atoms with E-state index in [2.05, 4.69) is 0 Å². The van der Waals surface area contributed by atoms with Crippen molar-refractivity contribution in [2.75, 3.05) is 11.6 Å². The molecule has 1 aromatic rings. The van der Waals surface area contributed by atoms with Gasteiger partial charge in [0.1, 0.15) is 0 Å². The SMILES string of the molecule is O=S(=O)(CCCCl)N(Cc1cccs1)C1CC1. The van der Waals surface area contributed by atoms with Gasteiger partial charge in [0.05, 0.1) is 5.75 Å². The van der Waals surface area contributed by atoms with E-state index in [1.165, 1.54) is 0 Å². The van der Waals surface area contributed by atoms with E-state index in [0.717, 1.165) is 17.7 Å². The number of alkyl halides is 1. The number of halogens is 1. The molecule has 1 aliphatic carbocycles. The van der Waals surface area contributed by atoms with Crippen LogP contribution in [0.1, 0.15) is 24.1 Å². The fourth-order valence-corrected chi connectivity index (χ4v) is 4.55. The maximum atomic E-state index is 12.2. The fourth-order valence-electron chi connectivity index (χ4n) is 1.73. The van der Waals surface area contributed by atoms with Crippen LogP contribution >= 0.6 is 22.9 Å². The molecule has 1 saturated carbocycles. The third-order valence-electron chi connectivity index (χ3n) is 2.74. The van der Waals surface area contributed by atoms with E-state index < -0.39 is 10.0 Å². The molecule has 1 aliphatic rings. The molecule has 2 rings (SSSR count). The lowest BCUT2D eigenvalue weighted by Gasteiger charge is -2.20. The molecule has 3 nitrogen and oxygen atoms in total. The van der Waals surface area contributed by atoms with Gasteiger partial charge in [-0.15, -0.1) is 22.9 Å². The molecule has 0 saturated heterocycles. The summed E-state index contributed by atoms with van der Waals surface area (Å²) in [6, 6.07) is 4.16. The lowest BCUT2D eigenvalue weighted by Crippen LogP contribution is -2.34. The summed E-state index contributed by atoms with van der Waals surface area (Å²) in [6.07, 6.45) is 2.51. The summed E-state index contributed by atoms with van der Waals surface area (Å²) in [4.78, 5) is 1.10. The van der Waals surface area contributed by atoms with Crippen LogP contribution in [0, 0.1) is 0 Å². The van der Waals surface area contributed by atoms with Crippen molar-refractivity contribution in [1.29, 1.82) is 0 Å². The Morgan fingerprint density at radius 3 is 2.76 bits per heavy atom. The number of hydrogen-bond acceptors (Lipinski definition) is 3.